The van der Waals surface area contributed by atoms with Crippen molar-refractivity contribution in [3.63, 3.8) is 0 Å². The quantitative estimate of drug-likeness (QED) is 0.637. The first kappa shape index (κ1) is 14.3. The molecule has 1 heterocycles. The SMILES string of the molecule is COc1cc2cc(C(=O)OCC#P=O)oc2cc1OC. The third-order valence-corrected chi connectivity index (χ3v) is 2.81. The standard InChI is InChI=1S/C13H11O6P/c1-16-10-5-8-6-12(13(14)18-3-4-20-15)19-9(8)7-11(10)17-2/h5-7H,3H2,1-2H3. The Morgan fingerprint density at radius 3 is 2.60 bits per heavy atom. The number of carbonyl (C=O) groups excluding carboxylic acids is 1. The molecule has 0 bridgehead atoms. The fourth-order valence-corrected chi connectivity index (χ4v) is 1.78. The van der Waals surface area contributed by atoms with Crippen molar-refractivity contribution in [2.24, 2.45) is 0 Å². The van der Waals surface area contributed by atoms with Gasteiger partial charge in [0, 0.05) is 0 Å². The molecule has 2 aromatic rings. The van der Waals surface area contributed by atoms with Gasteiger partial charge in [0.25, 0.3) is 0 Å². The average molecular weight is 294 g/mol. The summed E-state index contributed by atoms with van der Waals surface area (Å²) in [6.45, 7) is -0.173. The van der Waals surface area contributed by atoms with Crippen molar-refractivity contribution in [3.05, 3.63) is 24.0 Å². The van der Waals surface area contributed by atoms with Gasteiger partial charge < -0.3 is 0 Å². The van der Waals surface area contributed by atoms with Crippen molar-refractivity contribution >= 4 is 24.9 Å². The van der Waals surface area contributed by atoms with Crippen LogP contribution in [-0.2, 0) is 9.30 Å². The molecule has 20 heavy (non-hydrogen) atoms. The third kappa shape index (κ3) is 2.87. The molecule has 104 valence electrons. The van der Waals surface area contributed by atoms with Crippen LogP contribution in [0.1, 0.15) is 10.6 Å². The van der Waals surface area contributed by atoms with Gasteiger partial charge in [0.15, 0.2) is 0 Å². The van der Waals surface area contributed by atoms with Crippen LogP contribution in [0.3, 0.4) is 0 Å². The molecule has 0 unspecified atom stereocenters. The van der Waals surface area contributed by atoms with Gasteiger partial charge in [-0.3, -0.25) is 0 Å². The Balaban J connectivity index is 2.34. The van der Waals surface area contributed by atoms with Gasteiger partial charge >= 0.3 is 115 Å². The fourth-order valence-electron chi connectivity index (χ4n) is 1.66. The van der Waals surface area contributed by atoms with Gasteiger partial charge in [-0.15, -0.1) is 0 Å². The van der Waals surface area contributed by atoms with Gasteiger partial charge in [0.05, 0.1) is 0 Å². The summed E-state index contributed by atoms with van der Waals surface area (Å²) >= 11 is 0. The van der Waals surface area contributed by atoms with Crippen LogP contribution >= 0.6 is 7.92 Å². The molecule has 0 aliphatic rings. The summed E-state index contributed by atoms with van der Waals surface area (Å²) in [5, 5.41) is 0.685. The van der Waals surface area contributed by atoms with Crippen LogP contribution in [0.4, 0.5) is 0 Å². The number of fused-ring (bicyclic) bond motifs is 1. The second-order valence-electron chi connectivity index (χ2n) is 3.68. The molecular formula is C13H11O6P. The summed E-state index contributed by atoms with van der Waals surface area (Å²) in [4.78, 5) is 11.7. The number of benzene rings is 1. The Morgan fingerprint density at radius 2 is 1.95 bits per heavy atom. The van der Waals surface area contributed by atoms with E-state index >= 15 is 0 Å². The van der Waals surface area contributed by atoms with E-state index in [0.717, 1.165) is 0 Å². The number of hydrogen-bond donors (Lipinski definition) is 0. The zero-order valence-corrected chi connectivity index (χ0v) is 11.7. The van der Waals surface area contributed by atoms with Gasteiger partial charge in [-0.2, -0.15) is 0 Å². The molecule has 0 amide bonds. The Kier molecular flexibility index (Phi) is 4.51. The van der Waals surface area contributed by atoms with Crippen LogP contribution in [0.5, 0.6) is 11.5 Å². The maximum absolute atomic E-state index is 11.7. The number of hydrogen-bond acceptors (Lipinski definition) is 6. The summed E-state index contributed by atoms with van der Waals surface area (Å²) in [6.07, 6.45) is 0. The zero-order chi connectivity index (χ0) is 14.5. The summed E-state index contributed by atoms with van der Waals surface area (Å²) in [7, 11) is 2.72. The number of ether oxygens (including phenoxy) is 3. The number of esters is 1. The molecule has 0 fully saturated rings. The fraction of sp³-hybridized carbons (Fsp3) is 0.231. The van der Waals surface area contributed by atoms with Crippen LogP contribution in [0.25, 0.3) is 11.0 Å². The maximum atomic E-state index is 11.7. The Bertz CT molecular complexity index is 702. The summed E-state index contributed by atoms with van der Waals surface area (Å²) in [5.74, 6) is 0.420. The number of carbonyl (C=O) groups is 1. The van der Waals surface area contributed by atoms with Gasteiger partial charge in [0.1, 0.15) is 0 Å². The van der Waals surface area contributed by atoms with E-state index in [0.29, 0.717) is 22.5 Å². The van der Waals surface area contributed by atoms with Crippen LogP contribution in [0.2, 0.25) is 0 Å². The molecule has 0 radical (unpaired) electrons. The molecular weight excluding hydrogens is 283 g/mol. The van der Waals surface area contributed by atoms with Gasteiger partial charge in [-0.05, 0) is 0 Å². The second kappa shape index (κ2) is 6.33. The van der Waals surface area contributed by atoms with E-state index in [1.165, 1.54) is 20.3 Å². The van der Waals surface area contributed by atoms with E-state index in [9.17, 15) is 9.36 Å². The van der Waals surface area contributed by atoms with Crippen molar-refractivity contribution in [3.8, 4) is 17.1 Å². The first-order chi connectivity index (χ1) is 9.69. The molecule has 0 N–H and O–H groups in total. The molecule has 7 heteroatoms. The molecule has 0 spiro atoms. The zero-order valence-electron chi connectivity index (χ0n) is 10.8. The van der Waals surface area contributed by atoms with Gasteiger partial charge in [-0.25, -0.2) is 0 Å². The molecule has 1 aromatic heterocycles. The summed E-state index contributed by atoms with van der Waals surface area (Å²) in [5.41, 5.74) is 2.79. The van der Waals surface area contributed by atoms with E-state index in [2.05, 4.69) is 5.63 Å². The Labute approximate surface area is 115 Å². The number of methoxy groups -OCH3 is 2. The monoisotopic (exact) mass is 294 g/mol. The number of rotatable bonds is 4. The summed E-state index contributed by atoms with van der Waals surface area (Å²) in [6, 6.07) is 4.86. The third-order valence-electron chi connectivity index (χ3n) is 2.56. The van der Waals surface area contributed by atoms with Crippen LogP contribution in [0, 0.1) is 5.63 Å². The first-order valence-electron chi connectivity index (χ1n) is 5.57. The first-order valence-corrected chi connectivity index (χ1v) is 6.38. The van der Waals surface area contributed by atoms with Gasteiger partial charge in [-0.1, -0.05) is 0 Å². The van der Waals surface area contributed by atoms with E-state index in [-0.39, 0.29) is 20.3 Å². The van der Waals surface area contributed by atoms with Crippen molar-refractivity contribution in [2.75, 3.05) is 20.8 Å². The van der Waals surface area contributed by atoms with E-state index in [1.807, 2.05) is 0 Å². The molecule has 0 saturated heterocycles. The Hall–Kier alpha value is -2.16. The van der Waals surface area contributed by atoms with E-state index in [1.54, 1.807) is 12.1 Å². The van der Waals surface area contributed by atoms with Crippen molar-refractivity contribution in [1.29, 1.82) is 0 Å². The molecule has 0 aliphatic carbocycles. The van der Waals surface area contributed by atoms with Crippen molar-refractivity contribution in [2.45, 2.75) is 0 Å². The predicted molar refractivity (Wildman–Crippen MR) is 71.1 cm³/mol. The van der Waals surface area contributed by atoms with E-state index in [4.69, 9.17) is 18.6 Å². The van der Waals surface area contributed by atoms with Crippen LogP contribution in [0.15, 0.2) is 22.6 Å². The Morgan fingerprint density at radius 1 is 1.25 bits per heavy atom. The molecule has 0 atom stereocenters. The van der Waals surface area contributed by atoms with Crippen molar-refractivity contribution < 1.29 is 28.0 Å². The molecule has 1 aromatic carbocycles. The molecule has 0 saturated carbocycles. The number of furan rings is 1. The molecule has 6 nitrogen and oxygen atoms in total. The second-order valence-corrected chi connectivity index (χ2v) is 4.18. The topological polar surface area (TPSA) is 75.0 Å². The summed E-state index contributed by atoms with van der Waals surface area (Å²) < 4.78 is 30.6. The average Bonchev–Trinajstić information content (AvgIpc) is 2.88. The predicted octanol–water partition coefficient (Wildman–Crippen LogP) is 2.86. The molecule has 2 rings (SSSR count). The minimum absolute atomic E-state index is 0.0414. The normalized spacial score (nSPS) is 9.90. The van der Waals surface area contributed by atoms with Gasteiger partial charge in [0.2, 0.25) is 0 Å². The van der Waals surface area contributed by atoms with Crippen molar-refractivity contribution in [1.82, 2.24) is 0 Å². The van der Waals surface area contributed by atoms with Crippen LogP contribution in [-0.4, -0.2) is 26.8 Å². The molecule has 0 aliphatic heterocycles. The minimum atomic E-state index is -0.657. The van der Waals surface area contributed by atoms with Crippen LogP contribution < -0.4 is 9.47 Å². The van der Waals surface area contributed by atoms with E-state index < -0.39 is 5.97 Å².